The molecule has 0 saturated heterocycles. The Kier molecular flexibility index (Phi) is 4.02. The molecule has 0 aromatic carbocycles. The summed E-state index contributed by atoms with van der Waals surface area (Å²) in [7, 11) is 1.82. The van der Waals surface area contributed by atoms with Crippen molar-refractivity contribution in [2.45, 2.75) is 32.4 Å². The van der Waals surface area contributed by atoms with E-state index in [9.17, 15) is 4.79 Å². The third kappa shape index (κ3) is 4.26. The molecule has 0 fully saturated rings. The second-order valence-electron chi connectivity index (χ2n) is 4.74. The Balaban J connectivity index is 2.49. The molecule has 1 N–H and O–H groups in total. The van der Waals surface area contributed by atoms with Crippen LogP contribution in [0.4, 0.5) is 5.82 Å². The zero-order valence-corrected chi connectivity index (χ0v) is 11.3. The fraction of sp³-hybridized carbons (Fsp3) is 0.636. The smallest absolute Gasteiger partial charge is 0.235 e. The zero-order valence-electron chi connectivity index (χ0n) is 10.5. The van der Waals surface area contributed by atoms with Crippen LogP contribution in [0.25, 0.3) is 0 Å². The summed E-state index contributed by atoms with van der Waals surface area (Å²) in [5.74, 6) is 1.23. The maximum absolute atomic E-state index is 11.6. The summed E-state index contributed by atoms with van der Waals surface area (Å²) in [6.07, 6.45) is 0. The van der Waals surface area contributed by atoms with Crippen molar-refractivity contribution in [3.8, 4) is 0 Å². The lowest BCUT2D eigenvalue weighted by atomic mass is 10.3. The number of carbonyl (C=O) groups is 1. The third-order valence-electron chi connectivity index (χ3n) is 1.91. The minimum atomic E-state index is 0.0166. The molecule has 0 aliphatic rings. The lowest BCUT2D eigenvalue weighted by Crippen LogP contribution is -2.20. The van der Waals surface area contributed by atoms with Gasteiger partial charge in [0.25, 0.3) is 0 Å². The Morgan fingerprint density at radius 3 is 2.62 bits per heavy atom. The first-order valence-corrected chi connectivity index (χ1v) is 6.21. The second-order valence-corrected chi connectivity index (χ2v) is 6.55. The largest absolute Gasteiger partial charge is 0.310 e. The van der Waals surface area contributed by atoms with Crippen molar-refractivity contribution < 1.29 is 4.79 Å². The maximum Gasteiger partial charge on any atom is 0.235 e. The van der Waals surface area contributed by atoms with E-state index < -0.39 is 0 Å². The van der Waals surface area contributed by atoms with Crippen molar-refractivity contribution in [2.75, 3.05) is 11.1 Å². The van der Waals surface area contributed by atoms with Gasteiger partial charge in [0.1, 0.15) is 5.82 Å². The molecule has 1 amide bonds. The van der Waals surface area contributed by atoms with Crippen molar-refractivity contribution in [1.82, 2.24) is 9.78 Å². The highest BCUT2D eigenvalue weighted by atomic mass is 32.2. The summed E-state index contributed by atoms with van der Waals surface area (Å²) in [6.45, 7) is 8.19. The molecule has 1 heterocycles. The first-order valence-electron chi connectivity index (χ1n) is 5.22. The number of rotatable bonds is 3. The SMILES string of the molecule is Cc1cc(NC(=O)CSC(C)(C)C)n(C)n1. The zero-order chi connectivity index (χ0) is 12.3. The molecule has 5 heteroatoms. The third-order valence-corrected chi connectivity index (χ3v) is 3.18. The molecule has 1 aromatic heterocycles. The minimum absolute atomic E-state index is 0.0166. The molecule has 0 spiro atoms. The summed E-state index contributed by atoms with van der Waals surface area (Å²) in [6, 6.07) is 1.86. The van der Waals surface area contributed by atoms with Gasteiger partial charge < -0.3 is 5.32 Å². The van der Waals surface area contributed by atoms with Crippen molar-refractivity contribution >= 4 is 23.5 Å². The number of nitrogens with one attached hydrogen (secondary N) is 1. The maximum atomic E-state index is 11.6. The minimum Gasteiger partial charge on any atom is -0.310 e. The molecule has 0 bridgehead atoms. The number of aromatic nitrogens is 2. The Bertz CT molecular complexity index is 379. The van der Waals surface area contributed by atoms with Gasteiger partial charge in [0, 0.05) is 17.9 Å². The molecule has 0 radical (unpaired) electrons. The lowest BCUT2D eigenvalue weighted by molar-refractivity contribution is -0.113. The highest BCUT2D eigenvalue weighted by Crippen LogP contribution is 2.23. The molecule has 1 aromatic rings. The van der Waals surface area contributed by atoms with Gasteiger partial charge in [0.05, 0.1) is 11.4 Å². The number of hydrogen-bond donors (Lipinski definition) is 1. The van der Waals surface area contributed by atoms with E-state index in [4.69, 9.17) is 0 Å². The first-order chi connectivity index (χ1) is 7.28. The van der Waals surface area contributed by atoms with Crippen LogP contribution in [0.15, 0.2) is 6.07 Å². The average molecular weight is 241 g/mol. The highest BCUT2D eigenvalue weighted by molar-refractivity contribution is 8.01. The van der Waals surface area contributed by atoms with Gasteiger partial charge in [-0.25, -0.2) is 0 Å². The molecular weight excluding hydrogens is 222 g/mol. The number of thioether (sulfide) groups is 1. The molecular formula is C11H19N3OS. The number of aryl methyl sites for hydroxylation is 2. The molecule has 0 saturated carbocycles. The van der Waals surface area contributed by atoms with Crippen LogP contribution in [0, 0.1) is 6.92 Å². The van der Waals surface area contributed by atoms with Gasteiger partial charge in [-0.3, -0.25) is 9.48 Å². The monoisotopic (exact) mass is 241 g/mol. The van der Waals surface area contributed by atoms with E-state index in [1.54, 1.807) is 16.4 Å². The van der Waals surface area contributed by atoms with E-state index in [2.05, 4.69) is 31.2 Å². The normalized spacial score (nSPS) is 11.6. The van der Waals surface area contributed by atoms with E-state index >= 15 is 0 Å². The fourth-order valence-electron chi connectivity index (χ4n) is 1.19. The van der Waals surface area contributed by atoms with Gasteiger partial charge >= 0.3 is 0 Å². The Morgan fingerprint density at radius 1 is 1.56 bits per heavy atom. The van der Waals surface area contributed by atoms with E-state index in [1.165, 1.54) is 0 Å². The summed E-state index contributed by atoms with van der Waals surface area (Å²) >= 11 is 1.63. The van der Waals surface area contributed by atoms with E-state index in [0.29, 0.717) is 5.75 Å². The van der Waals surface area contributed by atoms with Gasteiger partial charge in [-0.2, -0.15) is 5.10 Å². The van der Waals surface area contributed by atoms with Crippen LogP contribution < -0.4 is 5.32 Å². The van der Waals surface area contributed by atoms with Crippen LogP contribution in [-0.4, -0.2) is 26.2 Å². The van der Waals surface area contributed by atoms with E-state index in [1.807, 2.05) is 20.0 Å². The second kappa shape index (κ2) is 4.91. The van der Waals surface area contributed by atoms with Crippen molar-refractivity contribution in [3.05, 3.63) is 11.8 Å². The van der Waals surface area contributed by atoms with Crippen molar-refractivity contribution in [2.24, 2.45) is 7.05 Å². The predicted molar refractivity (Wildman–Crippen MR) is 68.8 cm³/mol. The van der Waals surface area contributed by atoms with Gasteiger partial charge in [-0.15, -0.1) is 11.8 Å². The summed E-state index contributed by atoms with van der Waals surface area (Å²) in [4.78, 5) is 11.6. The van der Waals surface area contributed by atoms with Gasteiger partial charge in [-0.1, -0.05) is 20.8 Å². The summed E-state index contributed by atoms with van der Waals surface area (Å²) in [5, 5.41) is 7.01. The number of nitrogens with zero attached hydrogens (tertiary/aromatic N) is 2. The number of anilines is 1. The standard InChI is InChI=1S/C11H19N3OS/c1-8-6-9(14(5)13-8)12-10(15)7-16-11(2,3)4/h6H,7H2,1-5H3,(H,12,15). The Morgan fingerprint density at radius 2 is 2.19 bits per heavy atom. The van der Waals surface area contributed by atoms with Gasteiger partial charge in [0.15, 0.2) is 0 Å². The van der Waals surface area contributed by atoms with Crippen LogP contribution in [0.5, 0.6) is 0 Å². The van der Waals surface area contributed by atoms with E-state index in [-0.39, 0.29) is 10.7 Å². The van der Waals surface area contributed by atoms with Crippen LogP contribution >= 0.6 is 11.8 Å². The lowest BCUT2D eigenvalue weighted by Gasteiger charge is -2.16. The molecule has 16 heavy (non-hydrogen) atoms. The topological polar surface area (TPSA) is 46.9 Å². The van der Waals surface area contributed by atoms with Crippen molar-refractivity contribution in [3.63, 3.8) is 0 Å². The average Bonchev–Trinajstić information content (AvgIpc) is 2.41. The molecule has 90 valence electrons. The van der Waals surface area contributed by atoms with Crippen LogP contribution in [0.1, 0.15) is 26.5 Å². The highest BCUT2D eigenvalue weighted by Gasteiger charge is 2.14. The quantitative estimate of drug-likeness (QED) is 0.882. The molecule has 0 aliphatic carbocycles. The Labute approximate surface area is 101 Å². The number of hydrogen-bond acceptors (Lipinski definition) is 3. The van der Waals surface area contributed by atoms with Crippen LogP contribution in [0.3, 0.4) is 0 Å². The Hall–Kier alpha value is -0.970. The summed E-state index contributed by atoms with van der Waals surface area (Å²) < 4.78 is 1.79. The molecule has 4 nitrogen and oxygen atoms in total. The van der Waals surface area contributed by atoms with E-state index in [0.717, 1.165) is 11.5 Å². The van der Waals surface area contributed by atoms with Crippen LogP contribution in [-0.2, 0) is 11.8 Å². The van der Waals surface area contributed by atoms with Gasteiger partial charge in [0.2, 0.25) is 5.91 Å². The van der Waals surface area contributed by atoms with Gasteiger partial charge in [-0.05, 0) is 6.92 Å². The van der Waals surface area contributed by atoms with Crippen LogP contribution in [0.2, 0.25) is 0 Å². The predicted octanol–water partition coefficient (Wildman–Crippen LogP) is 2.20. The fourth-order valence-corrected chi connectivity index (χ4v) is 1.82. The molecule has 1 rings (SSSR count). The molecule has 0 unspecified atom stereocenters. The number of carbonyl (C=O) groups excluding carboxylic acids is 1. The van der Waals surface area contributed by atoms with Crippen molar-refractivity contribution in [1.29, 1.82) is 0 Å². The first kappa shape index (κ1) is 13.1. The molecule has 0 aliphatic heterocycles. The number of amides is 1. The molecule has 0 atom stereocenters. The summed E-state index contributed by atoms with van der Waals surface area (Å²) in [5.41, 5.74) is 0.904.